The summed E-state index contributed by atoms with van der Waals surface area (Å²) in [6, 6.07) is 0. The van der Waals surface area contributed by atoms with Crippen LogP contribution in [0.4, 0.5) is 0 Å². The van der Waals surface area contributed by atoms with Crippen molar-refractivity contribution >= 4 is 5.91 Å². The van der Waals surface area contributed by atoms with Crippen molar-refractivity contribution in [3.63, 3.8) is 0 Å². The molecule has 2 heteroatoms. The van der Waals surface area contributed by atoms with Gasteiger partial charge in [0, 0.05) is 11.5 Å². The average Bonchev–Trinajstić information content (AvgIpc) is 2.44. The van der Waals surface area contributed by atoms with Crippen LogP contribution in [0.5, 0.6) is 0 Å². The van der Waals surface area contributed by atoms with Gasteiger partial charge in [0.2, 0.25) is 5.91 Å². The maximum absolute atomic E-state index is 11.7. The molecule has 74 valence electrons. The lowest BCUT2D eigenvalue weighted by Crippen LogP contribution is -2.42. The van der Waals surface area contributed by atoms with Crippen molar-refractivity contribution in [2.75, 3.05) is 0 Å². The van der Waals surface area contributed by atoms with E-state index < -0.39 is 0 Å². The Bertz CT molecular complexity index is 219. The van der Waals surface area contributed by atoms with Gasteiger partial charge in [-0.3, -0.25) is 4.79 Å². The molecule has 2 fully saturated rings. The molecule has 2 saturated carbocycles. The van der Waals surface area contributed by atoms with Crippen LogP contribution in [0.1, 0.15) is 40.0 Å². The Morgan fingerprint density at radius 1 is 1.23 bits per heavy atom. The SMILES string of the molecule is CC(C)(C)NC(=O)C1C2CCCC21. The molecule has 0 aliphatic heterocycles. The van der Waals surface area contributed by atoms with Gasteiger partial charge in [-0.15, -0.1) is 0 Å². The summed E-state index contributed by atoms with van der Waals surface area (Å²) in [4.78, 5) is 11.7. The largest absolute Gasteiger partial charge is 0.351 e. The second kappa shape index (κ2) is 2.73. The van der Waals surface area contributed by atoms with Crippen LogP contribution in [-0.4, -0.2) is 11.4 Å². The molecular formula is C11H19NO. The van der Waals surface area contributed by atoms with Crippen molar-refractivity contribution < 1.29 is 4.79 Å². The molecule has 2 nitrogen and oxygen atoms in total. The van der Waals surface area contributed by atoms with Crippen molar-refractivity contribution in [1.29, 1.82) is 0 Å². The Morgan fingerprint density at radius 3 is 2.23 bits per heavy atom. The molecule has 0 heterocycles. The number of hydrogen-bond donors (Lipinski definition) is 1. The van der Waals surface area contributed by atoms with Crippen molar-refractivity contribution in [2.24, 2.45) is 17.8 Å². The Balaban J connectivity index is 1.87. The van der Waals surface area contributed by atoms with E-state index in [1.54, 1.807) is 0 Å². The number of nitrogens with one attached hydrogen (secondary N) is 1. The smallest absolute Gasteiger partial charge is 0.224 e. The molecule has 0 spiro atoms. The Kier molecular flexibility index (Phi) is 1.90. The molecule has 2 aliphatic rings. The Labute approximate surface area is 80.1 Å². The van der Waals surface area contributed by atoms with Gasteiger partial charge >= 0.3 is 0 Å². The average molecular weight is 181 g/mol. The fraction of sp³-hybridized carbons (Fsp3) is 0.909. The topological polar surface area (TPSA) is 29.1 Å². The Hall–Kier alpha value is -0.530. The molecule has 0 saturated heterocycles. The van der Waals surface area contributed by atoms with Crippen LogP contribution in [0.15, 0.2) is 0 Å². The molecule has 2 rings (SSSR count). The lowest BCUT2D eigenvalue weighted by atomic mass is 10.1. The monoisotopic (exact) mass is 181 g/mol. The van der Waals surface area contributed by atoms with Gasteiger partial charge in [0.25, 0.3) is 0 Å². The van der Waals surface area contributed by atoms with Gasteiger partial charge in [-0.1, -0.05) is 6.42 Å². The second-order valence-corrected chi connectivity index (χ2v) is 5.52. The molecule has 2 atom stereocenters. The van der Waals surface area contributed by atoms with Crippen molar-refractivity contribution in [3.8, 4) is 0 Å². The molecule has 0 aromatic heterocycles. The van der Waals surface area contributed by atoms with E-state index in [-0.39, 0.29) is 5.54 Å². The van der Waals surface area contributed by atoms with Crippen molar-refractivity contribution in [1.82, 2.24) is 5.32 Å². The molecule has 0 aromatic rings. The molecular weight excluding hydrogens is 162 g/mol. The minimum absolute atomic E-state index is 0.0615. The third-order valence-corrected chi connectivity index (χ3v) is 3.21. The number of carbonyl (C=O) groups excluding carboxylic acids is 1. The minimum atomic E-state index is -0.0615. The first kappa shape index (κ1) is 9.04. The van der Waals surface area contributed by atoms with Crippen LogP contribution < -0.4 is 5.32 Å². The molecule has 2 unspecified atom stereocenters. The maximum atomic E-state index is 11.7. The van der Waals surface area contributed by atoms with E-state index >= 15 is 0 Å². The van der Waals surface area contributed by atoms with E-state index in [9.17, 15) is 4.79 Å². The van der Waals surface area contributed by atoms with Gasteiger partial charge in [-0.25, -0.2) is 0 Å². The van der Waals surface area contributed by atoms with Crippen molar-refractivity contribution in [2.45, 2.75) is 45.6 Å². The summed E-state index contributed by atoms with van der Waals surface area (Å²) in [6.07, 6.45) is 3.91. The first-order chi connectivity index (χ1) is 5.99. The highest BCUT2D eigenvalue weighted by Gasteiger charge is 2.56. The van der Waals surface area contributed by atoms with E-state index in [2.05, 4.69) is 5.32 Å². The van der Waals surface area contributed by atoms with Crippen LogP contribution in [0.2, 0.25) is 0 Å². The summed E-state index contributed by atoms with van der Waals surface area (Å²) in [7, 11) is 0. The van der Waals surface area contributed by atoms with E-state index in [4.69, 9.17) is 0 Å². The quantitative estimate of drug-likeness (QED) is 0.658. The summed E-state index contributed by atoms with van der Waals surface area (Å²) in [5, 5.41) is 3.07. The van der Waals surface area contributed by atoms with Crippen LogP contribution in [0.25, 0.3) is 0 Å². The fourth-order valence-corrected chi connectivity index (χ4v) is 2.66. The van der Waals surface area contributed by atoms with Gasteiger partial charge in [0.15, 0.2) is 0 Å². The molecule has 0 radical (unpaired) electrons. The molecule has 1 N–H and O–H groups in total. The van der Waals surface area contributed by atoms with Gasteiger partial charge < -0.3 is 5.32 Å². The number of hydrogen-bond acceptors (Lipinski definition) is 1. The highest BCUT2D eigenvalue weighted by molar-refractivity contribution is 5.83. The van der Waals surface area contributed by atoms with E-state index in [1.807, 2.05) is 20.8 Å². The van der Waals surface area contributed by atoms with Crippen LogP contribution >= 0.6 is 0 Å². The molecule has 0 bridgehead atoms. The van der Waals surface area contributed by atoms with E-state index in [0.29, 0.717) is 11.8 Å². The van der Waals surface area contributed by atoms with Crippen molar-refractivity contribution in [3.05, 3.63) is 0 Å². The minimum Gasteiger partial charge on any atom is -0.351 e. The highest BCUT2D eigenvalue weighted by atomic mass is 16.2. The predicted octanol–water partition coefficient (Wildman–Crippen LogP) is 1.95. The first-order valence-corrected chi connectivity index (χ1v) is 5.31. The summed E-state index contributed by atoms with van der Waals surface area (Å²) in [5.41, 5.74) is -0.0615. The second-order valence-electron chi connectivity index (χ2n) is 5.52. The lowest BCUT2D eigenvalue weighted by Gasteiger charge is -2.21. The van der Waals surface area contributed by atoms with Crippen LogP contribution in [0.3, 0.4) is 0 Å². The molecule has 13 heavy (non-hydrogen) atoms. The Morgan fingerprint density at radius 2 is 1.77 bits per heavy atom. The number of carbonyl (C=O) groups is 1. The standard InChI is InChI=1S/C11H19NO/c1-11(2,3)12-10(13)9-7-5-4-6-8(7)9/h7-9H,4-6H2,1-3H3,(H,12,13). The van der Waals surface area contributed by atoms with Gasteiger partial charge in [-0.2, -0.15) is 0 Å². The fourth-order valence-electron chi connectivity index (χ4n) is 2.66. The third-order valence-electron chi connectivity index (χ3n) is 3.21. The van der Waals surface area contributed by atoms with E-state index in [1.165, 1.54) is 19.3 Å². The zero-order valence-electron chi connectivity index (χ0n) is 8.76. The van der Waals surface area contributed by atoms with Gasteiger partial charge in [0.05, 0.1) is 0 Å². The van der Waals surface area contributed by atoms with Gasteiger partial charge in [0.1, 0.15) is 0 Å². The zero-order chi connectivity index (χ0) is 9.64. The summed E-state index contributed by atoms with van der Waals surface area (Å²) in [6.45, 7) is 6.13. The normalized spacial score (nSPS) is 37.0. The summed E-state index contributed by atoms with van der Waals surface area (Å²) >= 11 is 0. The number of rotatable bonds is 1. The third kappa shape index (κ3) is 1.72. The summed E-state index contributed by atoms with van der Waals surface area (Å²) < 4.78 is 0. The molecule has 2 aliphatic carbocycles. The number of fused-ring (bicyclic) bond motifs is 1. The lowest BCUT2D eigenvalue weighted by molar-refractivity contribution is -0.124. The predicted molar refractivity (Wildman–Crippen MR) is 52.2 cm³/mol. The zero-order valence-corrected chi connectivity index (χ0v) is 8.76. The van der Waals surface area contributed by atoms with E-state index in [0.717, 1.165) is 11.8 Å². The molecule has 0 aromatic carbocycles. The number of amides is 1. The molecule has 1 amide bonds. The summed E-state index contributed by atoms with van der Waals surface area (Å²) in [5.74, 6) is 2.14. The van der Waals surface area contributed by atoms with Crippen LogP contribution in [-0.2, 0) is 4.79 Å². The van der Waals surface area contributed by atoms with Gasteiger partial charge in [-0.05, 0) is 45.4 Å². The highest BCUT2D eigenvalue weighted by Crippen LogP contribution is 2.57. The van der Waals surface area contributed by atoms with Crippen LogP contribution in [0, 0.1) is 17.8 Å². The first-order valence-electron chi connectivity index (χ1n) is 5.31. The maximum Gasteiger partial charge on any atom is 0.224 e.